The molecule has 2 rings (SSSR count). The molecule has 2 aliphatic carbocycles. The molecule has 0 heterocycles. The fraction of sp³-hybridized carbons (Fsp3) is 1.00. The summed E-state index contributed by atoms with van der Waals surface area (Å²) in [4.78, 5) is 0. The van der Waals surface area contributed by atoms with Crippen LogP contribution in [0.1, 0.15) is 72.1 Å². The summed E-state index contributed by atoms with van der Waals surface area (Å²) in [5.41, 5.74) is -8.08. The summed E-state index contributed by atoms with van der Waals surface area (Å²) in [7, 11) is 0. The number of aliphatic hydroxyl groups excluding tert-OH is 6. The molecule has 0 saturated heterocycles. The summed E-state index contributed by atoms with van der Waals surface area (Å²) in [5, 5.41) is 68.4. The second kappa shape index (κ2) is 23.9. The lowest BCUT2D eigenvalue weighted by Gasteiger charge is -2.43. The molecule has 2 aliphatic rings. The van der Waals surface area contributed by atoms with Gasteiger partial charge in [-0.05, 0) is 65.7 Å². The molecule has 0 spiro atoms. The number of rotatable bonds is 11. The summed E-state index contributed by atoms with van der Waals surface area (Å²) in [6.45, 7) is 1.44. The summed E-state index contributed by atoms with van der Waals surface area (Å²) in [5.74, 6) is -33.2. The molecule has 8 atom stereocenters. The Hall–Kier alpha value is -2.49. The Bertz CT molecular complexity index is 1630. The van der Waals surface area contributed by atoms with E-state index in [2.05, 4.69) is 0 Å². The van der Waals surface area contributed by atoms with E-state index in [4.69, 9.17) is 40.9 Å². The van der Waals surface area contributed by atoms with Gasteiger partial charge in [0.1, 0.15) is 11.7 Å². The van der Waals surface area contributed by atoms with Crippen molar-refractivity contribution in [3.63, 3.8) is 0 Å². The van der Waals surface area contributed by atoms with E-state index in [1.807, 2.05) is 0 Å². The van der Waals surface area contributed by atoms with Gasteiger partial charge in [0.15, 0.2) is 0 Å². The zero-order chi connectivity index (χ0) is 60.4. The smallest absolute Gasteiger partial charge is 0.387 e. The monoisotopic (exact) mass is 1180 g/mol. The molecule has 0 bridgehead atoms. The van der Waals surface area contributed by atoms with Gasteiger partial charge in [0, 0.05) is 23.7 Å². The van der Waals surface area contributed by atoms with E-state index in [1.54, 1.807) is 0 Å². The Kier molecular flexibility index (Phi) is 23.7. The molecule has 0 amide bonds. The molecule has 8 unspecified atom stereocenters. The zero-order valence-electron chi connectivity index (χ0n) is 36.7. The lowest BCUT2D eigenvalue weighted by Crippen LogP contribution is -2.62. The molecular weight excluding hydrogens is 1140 g/mol. The number of alkyl halides is 31. The SMILES string of the molecule is CC(C)(O)C(F)(F)C(O)C(F)(F)F.CC(O)C(F)(F)C(O)C(F)(F)F.OC(C(F)(F)F)C(F)(F)C1CCC(C(O)(C(F)(F)F)C(F)(F)F)CC1.OC(C(F)(F)F)C(F)(F)C1CCCC(C(F)(F)C(O)C(F)(F)F)C1. The molecule has 0 aromatic carbocycles. The van der Waals surface area contributed by atoms with Crippen LogP contribution in [0, 0.1) is 23.7 Å². The first-order valence-electron chi connectivity index (χ1n) is 19.8. The van der Waals surface area contributed by atoms with Crippen LogP contribution in [0.5, 0.6) is 0 Å². The minimum Gasteiger partial charge on any atom is -0.387 e. The summed E-state index contributed by atoms with van der Waals surface area (Å²) in [6, 6.07) is 0. The first-order chi connectivity index (χ1) is 31.9. The van der Waals surface area contributed by atoms with Crippen molar-refractivity contribution in [2.45, 2.75) is 193 Å². The highest BCUT2D eigenvalue weighted by molar-refractivity contribution is 5.03. The van der Waals surface area contributed by atoms with Crippen molar-refractivity contribution in [1.29, 1.82) is 0 Å². The third-order valence-corrected chi connectivity index (χ3v) is 11.2. The maximum Gasteiger partial charge on any atom is 0.426 e. The lowest BCUT2D eigenvalue weighted by atomic mass is 9.70. The van der Waals surface area contributed by atoms with Gasteiger partial charge in [-0.25, -0.2) is 43.9 Å². The van der Waals surface area contributed by atoms with Crippen molar-refractivity contribution in [2.75, 3.05) is 0 Å². The van der Waals surface area contributed by atoms with Crippen molar-refractivity contribution in [1.82, 2.24) is 0 Å². The Balaban J connectivity index is 0. The Labute approximate surface area is 394 Å². The van der Waals surface area contributed by atoms with Gasteiger partial charge in [-0.15, -0.1) is 0 Å². The predicted octanol–water partition coefficient (Wildman–Crippen LogP) is 10.4. The Morgan fingerprint density at radius 3 is 0.770 bits per heavy atom. The van der Waals surface area contributed by atoms with Gasteiger partial charge in [0.25, 0.3) is 23.4 Å². The van der Waals surface area contributed by atoms with Crippen LogP contribution in [0.15, 0.2) is 0 Å². The van der Waals surface area contributed by atoms with Gasteiger partial charge in [0.2, 0.25) is 30.5 Å². The molecule has 2 saturated carbocycles. The molecular formula is C35H43F31O8. The number of hydrogen-bond donors (Lipinski definition) is 8. The van der Waals surface area contributed by atoms with Gasteiger partial charge < -0.3 is 40.9 Å². The van der Waals surface area contributed by atoms with E-state index >= 15 is 0 Å². The normalized spacial score (nSPS) is 23.6. The first-order valence-corrected chi connectivity index (χ1v) is 19.8. The molecule has 0 aromatic heterocycles. The fourth-order valence-electron chi connectivity index (χ4n) is 6.72. The number of halogens is 31. The highest BCUT2D eigenvalue weighted by Crippen LogP contribution is 2.55. The third-order valence-electron chi connectivity index (χ3n) is 11.2. The average Bonchev–Trinajstić information content (AvgIpc) is 3.19. The Morgan fingerprint density at radius 2 is 0.581 bits per heavy atom. The van der Waals surface area contributed by atoms with Gasteiger partial charge in [0.05, 0.1) is 0 Å². The van der Waals surface area contributed by atoms with Crippen LogP contribution >= 0.6 is 0 Å². The Morgan fingerprint density at radius 1 is 0.338 bits per heavy atom. The molecule has 2 fully saturated rings. The topological polar surface area (TPSA) is 162 Å². The highest BCUT2D eigenvalue weighted by Gasteiger charge is 2.74. The average molecular weight is 1180 g/mol. The molecule has 8 N–H and O–H groups in total. The molecule has 448 valence electrons. The second-order valence-corrected chi connectivity index (χ2v) is 17.1. The largest absolute Gasteiger partial charge is 0.426 e. The maximum atomic E-state index is 13.7. The van der Waals surface area contributed by atoms with Crippen molar-refractivity contribution in [3.05, 3.63) is 0 Å². The van der Waals surface area contributed by atoms with Crippen molar-refractivity contribution in [3.8, 4) is 0 Å². The van der Waals surface area contributed by atoms with Crippen LogP contribution in [0.25, 0.3) is 0 Å². The zero-order valence-corrected chi connectivity index (χ0v) is 36.7. The summed E-state index contributed by atoms with van der Waals surface area (Å²) in [6.07, 6.45) is -70.9. The minimum atomic E-state index is -6.14. The molecule has 0 aromatic rings. The minimum absolute atomic E-state index is 0.467. The van der Waals surface area contributed by atoms with Gasteiger partial charge >= 0.3 is 55.1 Å². The van der Waals surface area contributed by atoms with E-state index in [0.717, 1.165) is 0 Å². The van der Waals surface area contributed by atoms with E-state index in [1.165, 1.54) is 0 Å². The third kappa shape index (κ3) is 18.0. The van der Waals surface area contributed by atoms with Gasteiger partial charge in [-0.3, -0.25) is 0 Å². The van der Waals surface area contributed by atoms with E-state index in [9.17, 15) is 136 Å². The molecule has 0 radical (unpaired) electrons. The van der Waals surface area contributed by atoms with E-state index in [-0.39, 0.29) is 0 Å². The van der Waals surface area contributed by atoms with E-state index in [0.29, 0.717) is 20.8 Å². The van der Waals surface area contributed by atoms with Crippen molar-refractivity contribution >= 4 is 0 Å². The number of aliphatic hydroxyl groups is 8. The van der Waals surface area contributed by atoms with Crippen LogP contribution < -0.4 is 0 Å². The van der Waals surface area contributed by atoms with Crippen LogP contribution in [0.3, 0.4) is 0 Å². The van der Waals surface area contributed by atoms with Gasteiger partial charge in [-0.1, -0.05) is 6.42 Å². The summed E-state index contributed by atoms with van der Waals surface area (Å²) >= 11 is 0. The summed E-state index contributed by atoms with van der Waals surface area (Å²) < 4.78 is 387. The van der Waals surface area contributed by atoms with E-state index < -0.39 is 196 Å². The maximum absolute atomic E-state index is 13.7. The standard InChI is InChI=1S/C12H13F11O2.C12H14F10O2.C6H9F5O2.C5H7F5O2/c13-8(14,7(24)10(15,16)17)5-1-3-6(4-2-5)9(25,11(18,19)20)12(21,22)23;13-9(14,7(23)11(17,18)19)5-2-1-3-6(4-5)10(15,16)8(24)12(20,21)22;1-4(2,13)5(7,8)3(12)6(9,10)11;1-2(11)4(6,7)3(12)5(8,9)10/h5-7,24-25H,1-4H2;5-8,23-24H,1-4H2;3,12-13H,1-2H3;2-3,11-12H,1H3. The highest BCUT2D eigenvalue weighted by atomic mass is 19.4. The van der Waals surface area contributed by atoms with Gasteiger partial charge in [-0.2, -0.15) is 92.2 Å². The molecule has 0 aliphatic heterocycles. The molecule has 8 nitrogen and oxygen atoms in total. The second-order valence-electron chi connectivity index (χ2n) is 17.1. The molecule has 74 heavy (non-hydrogen) atoms. The quantitative estimate of drug-likeness (QED) is 0.0949. The van der Waals surface area contributed by atoms with Crippen LogP contribution in [0.2, 0.25) is 0 Å². The van der Waals surface area contributed by atoms with Crippen molar-refractivity contribution < 1.29 is 177 Å². The van der Waals surface area contributed by atoms with Crippen molar-refractivity contribution in [2.24, 2.45) is 23.7 Å². The first kappa shape index (κ1) is 73.6. The molecule has 39 heteroatoms. The lowest BCUT2D eigenvalue weighted by molar-refractivity contribution is -0.388. The number of hydrogen-bond acceptors (Lipinski definition) is 8. The van der Waals surface area contributed by atoms with Crippen LogP contribution in [0.4, 0.5) is 136 Å². The van der Waals surface area contributed by atoms with Crippen LogP contribution in [-0.2, 0) is 0 Å². The van der Waals surface area contributed by atoms with Crippen LogP contribution in [-0.4, -0.2) is 162 Å². The fourth-order valence-corrected chi connectivity index (χ4v) is 6.72. The predicted molar refractivity (Wildman–Crippen MR) is 181 cm³/mol.